The molecule has 0 amide bonds. The zero-order valence-corrected chi connectivity index (χ0v) is 19.6. The number of ether oxygens (including phenoxy) is 4. The molecule has 4 aliphatic carbocycles. The Morgan fingerprint density at radius 3 is 2.55 bits per heavy atom. The summed E-state index contributed by atoms with van der Waals surface area (Å²) in [5, 5.41) is 0.287. The highest BCUT2D eigenvalue weighted by Crippen LogP contribution is 2.68. The van der Waals surface area contributed by atoms with Crippen molar-refractivity contribution in [3.63, 3.8) is 0 Å². The van der Waals surface area contributed by atoms with E-state index in [-0.39, 0.29) is 15.9 Å². The third kappa shape index (κ3) is 2.81. The van der Waals surface area contributed by atoms with Gasteiger partial charge in [-0.3, -0.25) is 4.79 Å². The standard InChI is InChI=1S/C25H34O5S/c1-22-7-5-20-18(19(22)6-8-25(22)29-13-14-30-25)4-3-17-15-24(27-11-12-28-24)10-9-23(17,20)16-21(26)31-2/h3,5,18-19H,4,6-16H2,1-2H3/t18-,19-,22-,23+/m0/s1. The fourth-order valence-electron chi connectivity index (χ4n) is 7.99. The second-order valence-electron chi connectivity index (χ2n) is 10.6. The van der Waals surface area contributed by atoms with Crippen LogP contribution in [-0.4, -0.2) is 49.4 Å². The average Bonchev–Trinajstić information content (AvgIpc) is 3.50. The summed E-state index contributed by atoms with van der Waals surface area (Å²) in [7, 11) is 0. The van der Waals surface area contributed by atoms with E-state index in [0.717, 1.165) is 44.9 Å². The first kappa shape index (κ1) is 20.9. The molecule has 6 heteroatoms. The van der Waals surface area contributed by atoms with Crippen molar-refractivity contribution in [2.24, 2.45) is 22.7 Å². The van der Waals surface area contributed by atoms with Crippen LogP contribution in [0.4, 0.5) is 0 Å². The van der Waals surface area contributed by atoms with Crippen molar-refractivity contribution in [3.8, 4) is 0 Å². The second kappa shape index (κ2) is 7.17. The van der Waals surface area contributed by atoms with E-state index in [2.05, 4.69) is 19.1 Å². The topological polar surface area (TPSA) is 54.0 Å². The summed E-state index contributed by atoms with van der Waals surface area (Å²) < 4.78 is 24.7. The lowest BCUT2D eigenvalue weighted by Gasteiger charge is -2.56. The Morgan fingerprint density at radius 1 is 1.06 bits per heavy atom. The monoisotopic (exact) mass is 446 g/mol. The van der Waals surface area contributed by atoms with Gasteiger partial charge >= 0.3 is 0 Å². The number of hydrogen-bond acceptors (Lipinski definition) is 6. The molecule has 170 valence electrons. The van der Waals surface area contributed by atoms with E-state index < -0.39 is 11.6 Å². The summed E-state index contributed by atoms with van der Waals surface area (Å²) in [5.74, 6) is 0.147. The van der Waals surface area contributed by atoms with E-state index in [1.807, 2.05) is 6.26 Å². The van der Waals surface area contributed by atoms with Crippen molar-refractivity contribution >= 4 is 16.9 Å². The van der Waals surface area contributed by atoms with Gasteiger partial charge in [0.25, 0.3) is 0 Å². The number of carbonyl (C=O) groups is 1. The Labute approximate surface area is 189 Å². The van der Waals surface area contributed by atoms with E-state index in [9.17, 15) is 4.79 Å². The predicted octanol–water partition coefficient (Wildman–Crippen LogP) is 4.62. The van der Waals surface area contributed by atoms with Crippen LogP contribution in [0.3, 0.4) is 0 Å². The van der Waals surface area contributed by atoms with Gasteiger partial charge in [0, 0.05) is 36.5 Å². The summed E-state index contributed by atoms with van der Waals surface area (Å²) in [6.45, 7) is 5.16. The first-order chi connectivity index (χ1) is 15.0. The van der Waals surface area contributed by atoms with Crippen LogP contribution in [0.15, 0.2) is 23.3 Å². The normalized spacial score (nSPS) is 42.1. The van der Waals surface area contributed by atoms with Gasteiger partial charge in [-0.1, -0.05) is 42.0 Å². The van der Waals surface area contributed by atoms with Crippen LogP contribution in [0.2, 0.25) is 0 Å². The molecule has 2 saturated carbocycles. The van der Waals surface area contributed by atoms with Crippen LogP contribution >= 0.6 is 11.8 Å². The number of carbonyl (C=O) groups excluding carboxylic acids is 1. The van der Waals surface area contributed by atoms with Gasteiger partial charge in [-0.15, -0.1) is 0 Å². The van der Waals surface area contributed by atoms with Crippen LogP contribution in [0.5, 0.6) is 0 Å². The number of allylic oxidation sites excluding steroid dienone is 3. The van der Waals surface area contributed by atoms with Gasteiger partial charge in [0.2, 0.25) is 0 Å². The summed E-state index contributed by atoms with van der Waals surface area (Å²) in [6.07, 6.45) is 14.2. The van der Waals surface area contributed by atoms with Crippen LogP contribution in [-0.2, 0) is 23.7 Å². The minimum absolute atomic E-state index is 0.0152. The smallest absolute Gasteiger partial charge is 0.189 e. The molecule has 2 saturated heterocycles. The van der Waals surface area contributed by atoms with Gasteiger partial charge < -0.3 is 18.9 Å². The van der Waals surface area contributed by atoms with Gasteiger partial charge in [-0.25, -0.2) is 0 Å². The second-order valence-corrected chi connectivity index (χ2v) is 11.4. The molecule has 4 atom stereocenters. The van der Waals surface area contributed by atoms with E-state index in [0.29, 0.717) is 44.7 Å². The molecule has 0 aromatic heterocycles. The molecular formula is C25H34O5S. The molecule has 6 rings (SSSR count). The Morgan fingerprint density at radius 2 is 1.81 bits per heavy atom. The Balaban J connectivity index is 1.39. The van der Waals surface area contributed by atoms with Gasteiger partial charge in [0.05, 0.1) is 26.4 Å². The predicted molar refractivity (Wildman–Crippen MR) is 118 cm³/mol. The molecule has 2 aliphatic heterocycles. The van der Waals surface area contributed by atoms with Gasteiger partial charge in [-0.2, -0.15) is 0 Å². The Hall–Kier alpha value is -0.660. The van der Waals surface area contributed by atoms with E-state index in [1.165, 1.54) is 22.9 Å². The third-order valence-corrected chi connectivity index (χ3v) is 10.1. The Kier molecular flexibility index (Phi) is 4.83. The van der Waals surface area contributed by atoms with Crippen molar-refractivity contribution in [3.05, 3.63) is 23.3 Å². The average molecular weight is 447 g/mol. The first-order valence-electron chi connectivity index (χ1n) is 12.0. The van der Waals surface area contributed by atoms with Crippen LogP contribution in [0.1, 0.15) is 58.3 Å². The quantitative estimate of drug-likeness (QED) is 0.577. The van der Waals surface area contributed by atoms with Crippen molar-refractivity contribution < 1.29 is 23.7 Å². The van der Waals surface area contributed by atoms with Crippen LogP contribution < -0.4 is 0 Å². The molecule has 4 fully saturated rings. The molecule has 2 spiro atoms. The van der Waals surface area contributed by atoms with Crippen LogP contribution in [0, 0.1) is 22.7 Å². The number of fused-ring (bicyclic) bond motifs is 6. The molecule has 0 unspecified atom stereocenters. The minimum atomic E-state index is -0.461. The van der Waals surface area contributed by atoms with Gasteiger partial charge in [0.15, 0.2) is 16.7 Å². The zero-order valence-electron chi connectivity index (χ0n) is 18.7. The molecule has 0 radical (unpaired) electrons. The van der Waals surface area contributed by atoms with Crippen molar-refractivity contribution in [2.45, 2.75) is 69.9 Å². The summed E-state index contributed by atoms with van der Waals surface area (Å²) in [5.41, 5.74) is 2.77. The number of thioether (sulfide) groups is 1. The van der Waals surface area contributed by atoms with E-state index in [4.69, 9.17) is 18.9 Å². The summed E-state index contributed by atoms with van der Waals surface area (Å²) >= 11 is 1.37. The molecule has 0 bridgehead atoms. The van der Waals surface area contributed by atoms with Crippen molar-refractivity contribution in [1.29, 1.82) is 0 Å². The molecular weight excluding hydrogens is 412 g/mol. The number of hydrogen-bond donors (Lipinski definition) is 0. The highest BCUT2D eigenvalue weighted by molar-refractivity contribution is 8.13. The molecule has 0 aromatic rings. The molecule has 0 aromatic carbocycles. The Bertz CT molecular complexity index is 837. The minimum Gasteiger partial charge on any atom is -0.347 e. The largest absolute Gasteiger partial charge is 0.347 e. The molecule has 5 nitrogen and oxygen atoms in total. The maximum atomic E-state index is 12.8. The summed E-state index contributed by atoms with van der Waals surface area (Å²) in [6, 6.07) is 0. The lowest BCUT2D eigenvalue weighted by atomic mass is 9.50. The fraction of sp³-hybridized carbons (Fsp3) is 0.800. The van der Waals surface area contributed by atoms with Gasteiger partial charge in [-0.05, 0) is 43.8 Å². The molecule has 6 aliphatic rings. The summed E-state index contributed by atoms with van der Waals surface area (Å²) in [4.78, 5) is 12.8. The first-order valence-corrected chi connectivity index (χ1v) is 13.2. The maximum absolute atomic E-state index is 12.8. The lowest BCUT2D eigenvalue weighted by Crippen LogP contribution is -2.52. The molecule has 0 N–H and O–H groups in total. The van der Waals surface area contributed by atoms with E-state index >= 15 is 0 Å². The zero-order chi connectivity index (χ0) is 21.3. The highest BCUT2D eigenvalue weighted by Gasteiger charge is 2.65. The maximum Gasteiger partial charge on any atom is 0.189 e. The number of rotatable bonds is 2. The van der Waals surface area contributed by atoms with E-state index in [1.54, 1.807) is 0 Å². The molecule has 31 heavy (non-hydrogen) atoms. The fourth-order valence-corrected chi connectivity index (χ4v) is 8.38. The van der Waals surface area contributed by atoms with Gasteiger partial charge in [0.1, 0.15) is 0 Å². The van der Waals surface area contributed by atoms with Crippen molar-refractivity contribution in [2.75, 3.05) is 32.7 Å². The van der Waals surface area contributed by atoms with Crippen molar-refractivity contribution in [1.82, 2.24) is 0 Å². The molecule has 2 heterocycles. The highest BCUT2D eigenvalue weighted by atomic mass is 32.2. The lowest BCUT2D eigenvalue weighted by molar-refractivity contribution is -0.228. The SMILES string of the molecule is CSC(=O)C[C@]12CCC3(CC1=CC[C@@H]1C2=CC[C@@]2(C)[C@H]1CCC21OCCO1)OCCO3. The van der Waals surface area contributed by atoms with Crippen LogP contribution in [0.25, 0.3) is 0 Å². The third-order valence-electron chi connectivity index (χ3n) is 9.52.